The Hall–Kier alpha value is -3.04. The van der Waals surface area contributed by atoms with Crippen LogP contribution in [0.3, 0.4) is 0 Å². The standard InChI is InChI=1S/C26H28ClN3O5S/c1-3-29(4-2)21(31)15-30-18-11-10-17(27)14-20(18)36-24(16-8-6-5-7-9-16)23(26(30)34)28-25(33)19-12-13-22(32)35-19/h5-11,14,19,23-24H,3-4,12-13,15H2,1-2H3,(H,28,33)/t19-,23-,24+/m0/s1. The van der Waals surface area contributed by atoms with Crippen molar-refractivity contribution in [3.8, 4) is 0 Å². The first kappa shape index (κ1) is 26.0. The Morgan fingerprint density at radius 2 is 1.86 bits per heavy atom. The molecule has 0 aliphatic carbocycles. The zero-order valence-corrected chi connectivity index (χ0v) is 21.7. The highest BCUT2D eigenvalue weighted by Crippen LogP contribution is 2.46. The van der Waals surface area contributed by atoms with Crippen molar-refractivity contribution in [1.29, 1.82) is 0 Å². The van der Waals surface area contributed by atoms with Gasteiger partial charge in [0.15, 0.2) is 6.10 Å². The quantitative estimate of drug-likeness (QED) is 0.551. The van der Waals surface area contributed by atoms with Crippen molar-refractivity contribution in [1.82, 2.24) is 10.2 Å². The summed E-state index contributed by atoms with van der Waals surface area (Å²) >= 11 is 7.72. The van der Waals surface area contributed by atoms with Crippen molar-refractivity contribution >= 4 is 52.7 Å². The van der Waals surface area contributed by atoms with Gasteiger partial charge in [0.05, 0.1) is 10.9 Å². The molecule has 2 aliphatic heterocycles. The predicted octanol–water partition coefficient (Wildman–Crippen LogP) is 3.58. The average molecular weight is 530 g/mol. The van der Waals surface area contributed by atoms with Gasteiger partial charge >= 0.3 is 5.97 Å². The molecule has 0 bridgehead atoms. The van der Waals surface area contributed by atoms with E-state index in [4.69, 9.17) is 16.3 Å². The third-order valence-corrected chi connectivity index (χ3v) is 7.93. The second-order valence-corrected chi connectivity index (χ2v) is 10.2. The van der Waals surface area contributed by atoms with E-state index in [9.17, 15) is 19.2 Å². The Kier molecular flexibility index (Phi) is 8.21. The molecule has 10 heteroatoms. The van der Waals surface area contributed by atoms with E-state index in [1.165, 1.54) is 16.7 Å². The van der Waals surface area contributed by atoms with Gasteiger partial charge in [-0.3, -0.25) is 19.2 Å². The number of ether oxygens (including phenoxy) is 1. The molecule has 8 nitrogen and oxygen atoms in total. The first-order chi connectivity index (χ1) is 17.3. The maximum atomic E-state index is 14.1. The van der Waals surface area contributed by atoms with Crippen LogP contribution in [0, 0.1) is 0 Å². The largest absolute Gasteiger partial charge is 0.452 e. The molecular formula is C26H28ClN3O5S. The molecule has 2 aromatic carbocycles. The fourth-order valence-corrected chi connectivity index (χ4v) is 6.02. The zero-order valence-electron chi connectivity index (χ0n) is 20.1. The molecular weight excluding hydrogens is 502 g/mol. The number of carbonyl (C=O) groups is 4. The lowest BCUT2D eigenvalue weighted by Crippen LogP contribution is -2.54. The molecule has 36 heavy (non-hydrogen) atoms. The van der Waals surface area contributed by atoms with E-state index < -0.39 is 35.2 Å². The molecule has 0 radical (unpaired) electrons. The number of benzene rings is 2. The first-order valence-corrected chi connectivity index (χ1v) is 13.2. The minimum Gasteiger partial charge on any atom is -0.452 e. The van der Waals surface area contributed by atoms with Crippen LogP contribution in [0.4, 0.5) is 5.69 Å². The summed E-state index contributed by atoms with van der Waals surface area (Å²) in [6.07, 6.45) is -0.533. The maximum absolute atomic E-state index is 14.1. The summed E-state index contributed by atoms with van der Waals surface area (Å²) in [6.45, 7) is 4.61. The highest BCUT2D eigenvalue weighted by atomic mass is 35.5. The Morgan fingerprint density at radius 3 is 2.50 bits per heavy atom. The molecule has 190 valence electrons. The lowest BCUT2D eigenvalue weighted by Gasteiger charge is -2.30. The SMILES string of the molecule is CCN(CC)C(=O)CN1C(=O)[C@@H](NC(=O)[C@@H]2CCC(=O)O2)[C@@H](c2ccccc2)Sc2cc(Cl)ccc21. The third-order valence-electron chi connectivity index (χ3n) is 6.31. The number of carbonyl (C=O) groups excluding carboxylic acids is 4. The van der Waals surface area contributed by atoms with Gasteiger partial charge in [0.1, 0.15) is 12.6 Å². The number of thioether (sulfide) groups is 1. The van der Waals surface area contributed by atoms with Crippen LogP contribution < -0.4 is 10.2 Å². The number of esters is 1. The molecule has 2 aliphatic rings. The van der Waals surface area contributed by atoms with Gasteiger partial charge in [0, 0.05) is 35.8 Å². The van der Waals surface area contributed by atoms with E-state index in [0.29, 0.717) is 23.8 Å². The molecule has 2 heterocycles. The summed E-state index contributed by atoms with van der Waals surface area (Å²) in [7, 11) is 0. The van der Waals surface area contributed by atoms with E-state index in [1.807, 2.05) is 44.2 Å². The molecule has 0 unspecified atom stereocenters. The number of likely N-dealkylation sites (N-methyl/N-ethyl adjacent to an activating group) is 1. The number of hydrogen-bond donors (Lipinski definition) is 1. The smallest absolute Gasteiger partial charge is 0.306 e. The molecule has 1 saturated heterocycles. The Bertz CT molecular complexity index is 1160. The van der Waals surface area contributed by atoms with E-state index in [0.717, 1.165) is 10.5 Å². The van der Waals surface area contributed by atoms with Gasteiger partial charge in [-0.2, -0.15) is 0 Å². The van der Waals surface area contributed by atoms with Crippen LogP contribution in [0.25, 0.3) is 0 Å². The van der Waals surface area contributed by atoms with Crippen molar-refractivity contribution in [2.75, 3.05) is 24.5 Å². The number of hydrogen-bond acceptors (Lipinski definition) is 6. The summed E-state index contributed by atoms with van der Waals surface area (Å²) in [5.74, 6) is -1.59. The van der Waals surface area contributed by atoms with Crippen LogP contribution in [0.2, 0.25) is 5.02 Å². The van der Waals surface area contributed by atoms with Crippen molar-refractivity contribution in [2.45, 2.75) is 49.0 Å². The normalized spacial score (nSPS) is 21.4. The number of anilines is 1. The van der Waals surface area contributed by atoms with Crippen LogP contribution in [0.15, 0.2) is 53.4 Å². The third kappa shape index (κ3) is 5.52. The number of amides is 3. The lowest BCUT2D eigenvalue weighted by molar-refractivity contribution is -0.148. The van der Waals surface area contributed by atoms with Crippen LogP contribution in [0.1, 0.15) is 37.5 Å². The Labute approximate surface area is 219 Å². The minimum absolute atomic E-state index is 0.155. The van der Waals surface area contributed by atoms with E-state index >= 15 is 0 Å². The van der Waals surface area contributed by atoms with Gasteiger partial charge < -0.3 is 19.9 Å². The molecule has 0 aromatic heterocycles. The monoisotopic (exact) mass is 529 g/mol. The van der Waals surface area contributed by atoms with Crippen molar-refractivity contribution in [3.05, 3.63) is 59.1 Å². The minimum atomic E-state index is -1.01. The first-order valence-electron chi connectivity index (χ1n) is 11.9. The predicted molar refractivity (Wildman–Crippen MR) is 138 cm³/mol. The van der Waals surface area contributed by atoms with Crippen LogP contribution in [-0.2, 0) is 23.9 Å². The highest BCUT2D eigenvalue weighted by molar-refractivity contribution is 7.99. The second-order valence-electron chi connectivity index (χ2n) is 8.56. The zero-order chi connectivity index (χ0) is 25.8. The number of cyclic esters (lactones) is 1. The molecule has 0 saturated carbocycles. The number of fused-ring (bicyclic) bond motifs is 1. The maximum Gasteiger partial charge on any atom is 0.306 e. The van der Waals surface area contributed by atoms with E-state index in [2.05, 4.69) is 5.32 Å². The summed E-state index contributed by atoms with van der Waals surface area (Å²) in [6, 6.07) is 13.5. The van der Waals surface area contributed by atoms with Gasteiger partial charge in [-0.05, 0) is 37.6 Å². The summed E-state index contributed by atoms with van der Waals surface area (Å²) in [4.78, 5) is 55.7. The molecule has 1 fully saturated rings. The van der Waals surface area contributed by atoms with Crippen LogP contribution in [-0.4, -0.2) is 60.4 Å². The van der Waals surface area contributed by atoms with Gasteiger partial charge in [-0.25, -0.2) is 0 Å². The fourth-order valence-electron chi connectivity index (χ4n) is 4.40. The summed E-state index contributed by atoms with van der Waals surface area (Å²) < 4.78 is 5.14. The topological polar surface area (TPSA) is 96.0 Å². The number of nitrogens with zero attached hydrogens (tertiary/aromatic N) is 2. The van der Waals surface area contributed by atoms with Gasteiger partial charge in [-0.1, -0.05) is 41.9 Å². The van der Waals surface area contributed by atoms with Crippen LogP contribution in [0.5, 0.6) is 0 Å². The molecule has 3 amide bonds. The Balaban J connectivity index is 1.76. The van der Waals surface area contributed by atoms with E-state index in [-0.39, 0.29) is 25.3 Å². The van der Waals surface area contributed by atoms with Crippen LogP contribution >= 0.6 is 23.4 Å². The molecule has 2 aromatic rings. The van der Waals surface area contributed by atoms with E-state index in [1.54, 1.807) is 23.1 Å². The molecule has 3 atom stereocenters. The number of halogens is 1. The average Bonchev–Trinajstić information content (AvgIpc) is 3.28. The molecule has 1 N–H and O–H groups in total. The number of nitrogens with one attached hydrogen (secondary N) is 1. The molecule has 0 spiro atoms. The van der Waals surface area contributed by atoms with Gasteiger partial charge in [0.2, 0.25) is 5.91 Å². The highest BCUT2D eigenvalue weighted by Gasteiger charge is 2.42. The lowest BCUT2D eigenvalue weighted by atomic mass is 10.0. The number of rotatable bonds is 7. The molecule has 4 rings (SSSR count). The van der Waals surface area contributed by atoms with Gasteiger partial charge in [0.25, 0.3) is 11.8 Å². The van der Waals surface area contributed by atoms with Crippen molar-refractivity contribution in [3.63, 3.8) is 0 Å². The summed E-state index contributed by atoms with van der Waals surface area (Å²) in [5.41, 5.74) is 1.38. The fraction of sp³-hybridized carbons (Fsp3) is 0.385. The second kappa shape index (κ2) is 11.3. The van der Waals surface area contributed by atoms with Crippen molar-refractivity contribution < 1.29 is 23.9 Å². The van der Waals surface area contributed by atoms with Crippen molar-refractivity contribution in [2.24, 2.45) is 0 Å². The Morgan fingerprint density at radius 1 is 1.14 bits per heavy atom. The van der Waals surface area contributed by atoms with Gasteiger partial charge in [-0.15, -0.1) is 11.8 Å². The summed E-state index contributed by atoms with van der Waals surface area (Å²) in [5, 5.41) is 2.83.